The van der Waals surface area contributed by atoms with E-state index < -0.39 is 6.04 Å². The van der Waals surface area contributed by atoms with Gasteiger partial charge in [-0.2, -0.15) is 0 Å². The van der Waals surface area contributed by atoms with Crippen LogP contribution in [0.1, 0.15) is 12.5 Å². The number of carbonyl (C=O) groups excluding carboxylic acids is 1. The molecular weight excluding hydrogens is 248 g/mol. The van der Waals surface area contributed by atoms with Crippen LogP contribution >= 0.6 is 0 Å². The van der Waals surface area contributed by atoms with Gasteiger partial charge in [0.1, 0.15) is 5.75 Å². The minimum Gasteiger partial charge on any atom is -0.496 e. The number of rotatable bonds is 6. The van der Waals surface area contributed by atoms with E-state index in [2.05, 4.69) is 5.32 Å². The topological polar surface area (TPSA) is 82.8 Å². The lowest BCUT2D eigenvalue weighted by Gasteiger charge is -2.15. The van der Waals surface area contributed by atoms with Crippen LogP contribution in [0.15, 0.2) is 12.1 Å². The van der Waals surface area contributed by atoms with Crippen LogP contribution in [0.25, 0.3) is 0 Å². The molecule has 1 amide bonds. The van der Waals surface area contributed by atoms with Crippen molar-refractivity contribution in [3.63, 3.8) is 0 Å². The number of benzene rings is 1. The Kier molecular flexibility index (Phi) is 5.44. The average Bonchev–Trinajstić information content (AvgIpc) is 2.43. The van der Waals surface area contributed by atoms with Crippen molar-refractivity contribution in [2.24, 2.45) is 5.73 Å². The maximum atomic E-state index is 11.5. The molecule has 0 unspecified atom stereocenters. The smallest absolute Gasteiger partial charge is 0.236 e. The number of hydrogen-bond acceptors (Lipinski definition) is 5. The van der Waals surface area contributed by atoms with Crippen molar-refractivity contribution in [2.75, 3.05) is 21.3 Å². The molecule has 1 atom stereocenters. The van der Waals surface area contributed by atoms with Crippen LogP contribution in [0, 0.1) is 0 Å². The Morgan fingerprint density at radius 1 is 1.16 bits per heavy atom. The Labute approximate surface area is 112 Å². The van der Waals surface area contributed by atoms with Crippen molar-refractivity contribution in [2.45, 2.75) is 19.5 Å². The third-order valence-electron chi connectivity index (χ3n) is 2.65. The molecule has 0 aliphatic carbocycles. The average molecular weight is 268 g/mol. The van der Waals surface area contributed by atoms with E-state index in [4.69, 9.17) is 19.9 Å². The lowest BCUT2D eigenvalue weighted by Crippen LogP contribution is -2.37. The number of hydrogen-bond donors (Lipinski definition) is 2. The number of nitrogens with one attached hydrogen (secondary N) is 1. The van der Waals surface area contributed by atoms with E-state index in [1.54, 1.807) is 40.4 Å². The summed E-state index contributed by atoms with van der Waals surface area (Å²) in [5.41, 5.74) is 6.27. The highest BCUT2D eigenvalue weighted by Gasteiger charge is 2.13. The van der Waals surface area contributed by atoms with Gasteiger partial charge in [-0.25, -0.2) is 0 Å². The number of carbonyl (C=O) groups is 1. The maximum absolute atomic E-state index is 11.5. The second kappa shape index (κ2) is 6.84. The summed E-state index contributed by atoms with van der Waals surface area (Å²) in [4.78, 5) is 11.5. The minimum absolute atomic E-state index is 0.225. The Morgan fingerprint density at radius 2 is 1.68 bits per heavy atom. The number of amides is 1. The fraction of sp³-hybridized carbons (Fsp3) is 0.462. The van der Waals surface area contributed by atoms with Gasteiger partial charge in [-0.05, 0) is 13.0 Å². The van der Waals surface area contributed by atoms with Gasteiger partial charge in [-0.1, -0.05) is 0 Å². The lowest BCUT2D eigenvalue weighted by molar-refractivity contribution is -0.122. The van der Waals surface area contributed by atoms with E-state index in [1.165, 1.54) is 0 Å². The normalized spacial score (nSPS) is 11.6. The molecule has 106 valence electrons. The second-order valence-corrected chi connectivity index (χ2v) is 4.03. The fourth-order valence-electron chi connectivity index (χ4n) is 1.57. The van der Waals surface area contributed by atoms with Gasteiger partial charge >= 0.3 is 0 Å². The van der Waals surface area contributed by atoms with E-state index in [1.807, 2.05) is 0 Å². The molecule has 3 N–H and O–H groups in total. The summed E-state index contributed by atoms with van der Waals surface area (Å²) in [6.45, 7) is 1.94. The van der Waals surface area contributed by atoms with Gasteiger partial charge in [0.15, 0.2) is 11.5 Å². The molecule has 0 bridgehead atoms. The Balaban J connectivity index is 2.95. The minimum atomic E-state index is -0.550. The molecule has 19 heavy (non-hydrogen) atoms. The summed E-state index contributed by atoms with van der Waals surface area (Å²) in [7, 11) is 4.65. The summed E-state index contributed by atoms with van der Waals surface area (Å²) >= 11 is 0. The monoisotopic (exact) mass is 268 g/mol. The first kappa shape index (κ1) is 15.1. The SMILES string of the molecule is COc1cc(OC)c(OC)cc1CNC(=O)[C@H](C)N. The van der Waals surface area contributed by atoms with Crippen molar-refractivity contribution in [3.05, 3.63) is 17.7 Å². The Bertz CT molecular complexity index is 447. The third-order valence-corrected chi connectivity index (χ3v) is 2.65. The molecule has 0 fully saturated rings. The van der Waals surface area contributed by atoms with Crippen molar-refractivity contribution >= 4 is 5.91 Å². The summed E-state index contributed by atoms with van der Waals surface area (Å²) in [5, 5.41) is 2.72. The molecule has 0 heterocycles. The molecule has 0 aliphatic heterocycles. The molecular formula is C13H20N2O4. The van der Waals surface area contributed by atoms with E-state index in [9.17, 15) is 4.79 Å². The van der Waals surface area contributed by atoms with Crippen molar-refractivity contribution in [3.8, 4) is 17.2 Å². The van der Waals surface area contributed by atoms with Crippen molar-refractivity contribution < 1.29 is 19.0 Å². The maximum Gasteiger partial charge on any atom is 0.236 e. The van der Waals surface area contributed by atoms with Crippen molar-refractivity contribution in [1.29, 1.82) is 0 Å². The van der Waals surface area contributed by atoms with Crippen LogP contribution in [0.2, 0.25) is 0 Å². The first-order chi connectivity index (χ1) is 9.03. The van der Waals surface area contributed by atoms with Gasteiger partial charge in [0.05, 0.1) is 27.4 Å². The van der Waals surface area contributed by atoms with E-state index in [0.717, 1.165) is 5.56 Å². The number of nitrogens with two attached hydrogens (primary N) is 1. The molecule has 0 aromatic heterocycles. The quantitative estimate of drug-likeness (QED) is 0.792. The van der Waals surface area contributed by atoms with Gasteiger partial charge in [0.25, 0.3) is 0 Å². The molecule has 6 nitrogen and oxygen atoms in total. The summed E-state index contributed by atoms with van der Waals surface area (Å²) < 4.78 is 15.7. The van der Waals surface area contributed by atoms with Gasteiger partial charge in [-0.15, -0.1) is 0 Å². The molecule has 0 aliphatic rings. The summed E-state index contributed by atoms with van der Waals surface area (Å²) in [6, 6.07) is 2.93. The van der Waals surface area contributed by atoms with Crippen molar-refractivity contribution in [1.82, 2.24) is 5.32 Å². The Morgan fingerprint density at radius 3 is 2.16 bits per heavy atom. The van der Waals surface area contributed by atoms with Gasteiger partial charge < -0.3 is 25.3 Å². The highest BCUT2D eigenvalue weighted by Crippen LogP contribution is 2.34. The van der Waals surface area contributed by atoms with Crippen LogP contribution < -0.4 is 25.3 Å². The zero-order valence-electron chi connectivity index (χ0n) is 11.6. The van der Waals surface area contributed by atoms with Gasteiger partial charge in [0, 0.05) is 18.2 Å². The van der Waals surface area contributed by atoms with Gasteiger partial charge in [-0.3, -0.25) is 4.79 Å². The molecule has 0 spiro atoms. The molecule has 0 saturated heterocycles. The first-order valence-corrected chi connectivity index (χ1v) is 5.85. The molecule has 0 radical (unpaired) electrons. The standard InChI is InChI=1S/C13H20N2O4/c1-8(14)13(16)15-7-9-5-11(18-3)12(19-4)6-10(9)17-2/h5-6,8H,7,14H2,1-4H3,(H,15,16)/t8-/m0/s1. The van der Waals surface area contributed by atoms with Crippen LogP contribution in [0.5, 0.6) is 17.2 Å². The predicted octanol–water partition coefficient (Wildman–Crippen LogP) is 0.676. The fourth-order valence-corrected chi connectivity index (χ4v) is 1.57. The zero-order chi connectivity index (χ0) is 14.4. The number of methoxy groups -OCH3 is 3. The van der Waals surface area contributed by atoms with Crippen LogP contribution in [0.4, 0.5) is 0 Å². The summed E-state index contributed by atoms with van der Waals surface area (Å²) in [6.07, 6.45) is 0. The lowest BCUT2D eigenvalue weighted by atomic mass is 10.1. The van der Waals surface area contributed by atoms with E-state index in [0.29, 0.717) is 23.8 Å². The molecule has 1 rings (SSSR count). The van der Waals surface area contributed by atoms with Crippen LogP contribution in [-0.4, -0.2) is 33.3 Å². The molecule has 0 saturated carbocycles. The highest BCUT2D eigenvalue weighted by molar-refractivity contribution is 5.81. The van der Waals surface area contributed by atoms with Crippen LogP contribution in [0.3, 0.4) is 0 Å². The van der Waals surface area contributed by atoms with E-state index in [-0.39, 0.29) is 5.91 Å². The highest BCUT2D eigenvalue weighted by atomic mass is 16.5. The Hall–Kier alpha value is -1.95. The van der Waals surface area contributed by atoms with Crippen LogP contribution in [-0.2, 0) is 11.3 Å². The predicted molar refractivity (Wildman–Crippen MR) is 71.6 cm³/mol. The second-order valence-electron chi connectivity index (χ2n) is 4.03. The number of ether oxygens (including phenoxy) is 3. The largest absolute Gasteiger partial charge is 0.496 e. The third kappa shape index (κ3) is 3.75. The molecule has 1 aromatic carbocycles. The van der Waals surface area contributed by atoms with E-state index >= 15 is 0 Å². The molecule has 6 heteroatoms. The zero-order valence-corrected chi connectivity index (χ0v) is 11.6. The first-order valence-electron chi connectivity index (χ1n) is 5.85. The molecule has 1 aromatic rings. The van der Waals surface area contributed by atoms with Gasteiger partial charge in [0.2, 0.25) is 5.91 Å². The summed E-state index contributed by atoms with van der Waals surface area (Å²) in [5.74, 6) is 1.54.